The van der Waals surface area contributed by atoms with E-state index in [1.807, 2.05) is 0 Å². The number of carbonyl (C=O) groups excluding carboxylic acids is 1. The molecule has 0 saturated heterocycles. The van der Waals surface area contributed by atoms with E-state index in [0.29, 0.717) is 11.1 Å². The Morgan fingerprint density at radius 1 is 1.13 bits per heavy atom. The first-order valence-corrected chi connectivity index (χ1v) is 6.67. The molecule has 0 aliphatic rings. The Morgan fingerprint density at radius 3 is 2.57 bits per heavy atom. The van der Waals surface area contributed by atoms with Crippen LogP contribution in [0.5, 0.6) is 11.5 Å². The van der Waals surface area contributed by atoms with Crippen molar-refractivity contribution in [2.75, 3.05) is 7.11 Å². The molecule has 0 saturated carbocycles. The molecule has 3 aromatic rings. The Balaban J connectivity index is 1.99. The SMILES string of the molecule is COc1cccc2cc(C(=O)Oc3ccc(F)cc3)c(=O)oc12. The van der Waals surface area contributed by atoms with Crippen molar-refractivity contribution >= 4 is 16.9 Å². The fourth-order valence-electron chi connectivity index (χ4n) is 2.09. The second-order valence-electron chi connectivity index (χ2n) is 4.67. The zero-order valence-electron chi connectivity index (χ0n) is 12.0. The molecule has 3 rings (SSSR count). The van der Waals surface area contributed by atoms with E-state index in [4.69, 9.17) is 13.9 Å². The molecule has 1 heterocycles. The summed E-state index contributed by atoms with van der Waals surface area (Å²) < 4.78 is 28.1. The van der Waals surface area contributed by atoms with Crippen molar-refractivity contribution in [1.29, 1.82) is 0 Å². The second kappa shape index (κ2) is 5.92. The van der Waals surface area contributed by atoms with E-state index in [1.165, 1.54) is 25.3 Å². The summed E-state index contributed by atoms with van der Waals surface area (Å²) >= 11 is 0. The molecule has 23 heavy (non-hydrogen) atoms. The molecule has 2 aromatic carbocycles. The number of hydrogen-bond donors (Lipinski definition) is 0. The summed E-state index contributed by atoms with van der Waals surface area (Å²) in [4.78, 5) is 24.1. The van der Waals surface area contributed by atoms with E-state index in [-0.39, 0.29) is 16.9 Å². The van der Waals surface area contributed by atoms with Crippen LogP contribution in [0.1, 0.15) is 10.4 Å². The highest BCUT2D eigenvalue weighted by atomic mass is 19.1. The smallest absolute Gasteiger partial charge is 0.351 e. The van der Waals surface area contributed by atoms with Gasteiger partial charge < -0.3 is 13.9 Å². The van der Waals surface area contributed by atoms with Gasteiger partial charge in [-0.15, -0.1) is 0 Å². The first-order chi connectivity index (χ1) is 11.1. The monoisotopic (exact) mass is 314 g/mol. The van der Waals surface area contributed by atoms with Gasteiger partial charge in [0.2, 0.25) is 0 Å². The van der Waals surface area contributed by atoms with Crippen LogP contribution in [0, 0.1) is 5.82 Å². The number of para-hydroxylation sites is 1. The molecule has 0 aliphatic heterocycles. The van der Waals surface area contributed by atoms with Crippen LogP contribution >= 0.6 is 0 Å². The largest absolute Gasteiger partial charge is 0.493 e. The number of ether oxygens (including phenoxy) is 2. The van der Waals surface area contributed by atoms with E-state index in [2.05, 4.69) is 0 Å². The van der Waals surface area contributed by atoms with Crippen LogP contribution in [0.15, 0.2) is 57.7 Å². The minimum absolute atomic E-state index is 0.126. The first-order valence-electron chi connectivity index (χ1n) is 6.67. The zero-order valence-corrected chi connectivity index (χ0v) is 12.0. The van der Waals surface area contributed by atoms with Crippen LogP contribution in [0.3, 0.4) is 0 Å². The van der Waals surface area contributed by atoms with Gasteiger partial charge in [-0.2, -0.15) is 0 Å². The minimum Gasteiger partial charge on any atom is -0.493 e. The molecule has 0 amide bonds. The van der Waals surface area contributed by atoms with Crippen LogP contribution in [0.2, 0.25) is 0 Å². The standard InChI is InChI=1S/C17H11FO5/c1-21-14-4-2-3-10-9-13(17(20)23-15(10)14)16(19)22-12-7-5-11(18)6-8-12/h2-9H,1H3. The summed E-state index contributed by atoms with van der Waals surface area (Å²) in [5.74, 6) is -0.822. The maximum Gasteiger partial charge on any atom is 0.351 e. The van der Waals surface area contributed by atoms with Gasteiger partial charge in [-0.05, 0) is 36.4 Å². The number of methoxy groups -OCH3 is 1. The van der Waals surface area contributed by atoms with Gasteiger partial charge in [-0.3, -0.25) is 0 Å². The van der Waals surface area contributed by atoms with Gasteiger partial charge in [0.15, 0.2) is 11.3 Å². The number of carbonyl (C=O) groups is 1. The van der Waals surface area contributed by atoms with Gasteiger partial charge in [0.1, 0.15) is 17.1 Å². The number of esters is 1. The molecule has 0 fully saturated rings. The maximum atomic E-state index is 12.8. The molecule has 0 N–H and O–H groups in total. The molecule has 0 unspecified atom stereocenters. The van der Waals surface area contributed by atoms with Crippen LogP contribution in [-0.4, -0.2) is 13.1 Å². The van der Waals surface area contributed by atoms with Crippen molar-refractivity contribution in [3.05, 3.63) is 70.3 Å². The van der Waals surface area contributed by atoms with Crippen LogP contribution in [0.25, 0.3) is 11.0 Å². The quantitative estimate of drug-likeness (QED) is 0.422. The van der Waals surface area contributed by atoms with Crippen molar-refractivity contribution in [3.63, 3.8) is 0 Å². The molecule has 116 valence electrons. The summed E-state index contributed by atoms with van der Waals surface area (Å²) in [6, 6.07) is 11.3. The Morgan fingerprint density at radius 2 is 1.87 bits per heavy atom. The van der Waals surface area contributed by atoms with Gasteiger partial charge in [0, 0.05) is 5.39 Å². The van der Waals surface area contributed by atoms with Crippen molar-refractivity contribution in [2.24, 2.45) is 0 Å². The van der Waals surface area contributed by atoms with Crippen LogP contribution in [0.4, 0.5) is 4.39 Å². The Hall–Kier alpha value is -3.15. The molecule has 0 radical (unpaired) electrons. The molecular formula is C17H11FO5. The van der Waals surface area contributed by atoms with Crippen molar-refractivity contribution in [2.45, 2.75) is 0 Å². The summed E-state index contributed by atoms with van der Waals surface area (Å²) in [7, 11) is 1.45. The summed E-state index contributed by atoms with van der Waals surface area (Å²) in [5, 5.41) is 0.523. The lowest BCUT2D eigenvalue weighted by Crippen LogP contribution is -2.18. The molecule has 0 atom stereocenters. The van der Waals surface area contributed by atoms with Gasteiger partial charge in [0.25, 0.3) is 0 Å². The number of rotatable bonds is 3. The van der Waals surface area contributed by atoms with Crippen LogP contribution in [-0.2, 0) is 0 Å². The fraction of sp³-hybridized carbons (Fsp3) is 0.0588. The Labute approximate surface area is 129 Å². The molecule has 6 heteroatoms. The molecular weight excluding hydrogens is 303 g/mol. The summed E-state index contributed by atoms with van der Waals surface area (Å²) in [6.45, 7) is 0. The predicted molar refractivity (Wildman–Crippen MR) is 80.4 cm³/mol. The molecule has 5 nitrogen and oxygen atoms in total. The zero-order chi connectivity index (χ0) is 16.4. The van der Waals surface area contributed by atoms with E-state index in [0.717, 1.165) is 12.1 Å². The number of benzene rings is 2. The topological polar surface area (TPSA) is 65.7 Å². The van der Waals surface area contributed by atoms with Gasteiger partial charge in [-0.1, -0.05) is 12.1 Å². The third-order valence-corrected chi connectivity index (χ3v) is 3.19. The van der Waals surface area contributed by atoms with E-state index >= 15 is 0 Å². The molecule has 0 aliphatic carbocycles. The average Bonchev–Trinajstić information content (AvgIpc) is 2.55. The second-order valence-corrected chi connectivity index (χ2v) is 4.67. The first kappa shape index (κ1) is 14.8. The van der Waals surface area contributed by atoms with Gasteiger partial charge in [-0.25, -0.2) is 14.0 Å². The normalized spacial score (nSPS) is 10.5. The van der Waals surface area contributed by atoms with E-state index in [1.54, 1.807) is 18.2 Å². The molecule has 0 spiro atoms. The van der Waals surface area contributed by atoms with Crippen molar-refractivity contribution in [3.8, 4) is 11.5 Å². The lowest BCUT2D eigenvalue weighted by molar-refractivity contribution is 0.0730. The maximum absolute atomic E-state index is 12.8. The lowest BCUT2D eigenvalue weighted by Gasteiger charge is -2.06. The van der Waals surface area contributed by atoms with Crippen molar-refractivity contribution in [1.82, 2.24) is 0 Å². The lowest BCUT2D eigenvalue weighted by atomic mass is 10.2. The fourth-order valence-corrected chi connectivity index (χ4v) is 2.09. The predicted octanol–water partition coefficient (Wildman–Crippen LogP) is 3.16. The van der Waals surface area contributed by atoms with Gasteiger partial charge >= 0.3 is 11.6 Å². The Bertz CT molecular complexity index is 928. The Kier molecular flexibility index (Phi) is 3.80. The summed E-state index contributed by atoms with van der Waals surface area (Å²) in [5.41, 5.74) is -0.845. The number of hydrogen-bond acceptors (Lipinski definition) is 5. The highest BCUT2D eigenvalue weighted by Crippen LogP contribution is 2.24. The van der Waals surface area contributed by atoms with Gasteiger partial charge in [0.05, 0.1) is 7.11 Å². The molecule has 1 aromatic heterocycles. The number of halogens is 1. The van der Waals surface area contributed by atoms with E-state index in [9.17, 15) is 14.0 Å². The van der Waals surface area contributed by atoms with E-state index < -0.39 is 17.4 Å². The summed E-state index contributed by atoms with van der Waals surface area (Å²) in [6.07, 6.45) is 0. The third-order valence-electron chi connectivity index (χ3n) is 3.19. The van der Waals surface area contributed by atoms with Crippen molar-refractivity contribution < 1.29 is 23.1 Å². The molecule has 0 bridgehead atoms. The number of fused-ring (bicyclic) bond motifs is 1. The minimum atomic E-state index is -0.880. The third kappa shape index (κ3) is 2.91. The average molecular weight is 314 g/mol. The van der Waals surface area contributed by atoms with Crippen LogP contribution < -0.4 is 15.1 Å². The highest BCUT2D eigenvalue weighted by molar-refractivity contribution is 5.95. The highest BCUT2D eigenvalue weighted by Gasteiger charge is 2.17.